The van der Waals surface area contributed by atoms with Gasteiger partial charge in [0.15, 0.2) is 0 Å². The van der Waals surface area contributed by atoms with E-state index in [9.17, 15) is 9.59 Å². The van der Waals surface area contributed by atoms with Crippen LogP contribution < -0.4 is 15.5 Å². The van der Waals surface area contributed by atoms with E-state index in [2.05, 4.69) is 45.8 Å². The van der Waals surface area contributed by atoms with Crippen molar-refractivity contribution >= 4 is 28.4 Å². The highest BCUT2D eigenvalue weighted by Gasteiger charge is 2.31. The number of benzene rings is 1. The highest BCUT2D eigenvalue weighted by molar-refractivity contribution is 6.02. The Morgan fingerprint density at radius 1 is 1.00 bits per heavy atom. The van der Waals surface area contributed by atoms with Gasteiger partial charge in [0, 0.05) is 37.6 Å². The fraction of sp³-hybridized carbons (Fsp3) is 0.654. The SMILES string of the molecule is C1CCNCC1.CC.CC1CCN(c2ccc3c(C4CCC(=O)NC4=O)nn(C)c3c2)CC1. The number of carbonyl (C=O) groups excluding carboxylic acids is 2. The molecule has 2 aromatic rings. The third-order valence-electron chi connectivity index (χ3n) is 6.79. The summed E-state index contributed by atoms with van der Waals surface area (Å²) in [6.07, 6.45) is 7.57. The number of piperidine rings is 3. The van der Waals surface area contributed by atoms with Crippen LogP contribution in [0.15, 0.2) is 18.2 Å². The van der Waals surface area contributed by atoms with E-state index >= 15 is 0 Å². The first-order valence-corrected chi connectivity index (χ1v) is 12.8. The van der Waals surface area contributed by atoms with Crippen molar-refractivity contribution in [1.82, 2.24) is 20.4 Å². The maximum absolute atomic E-state index is 12.2. The summed E-state index contributed by atoms with van der Waals surface area (Å²) < 4.78 is 1.85. The lowest BCUT2D eigenvalue weighted by atomic mass is 9.92. The molecule has 7 heteroatoms. The Morgan fingerprint density at radius 2 is 1.70 bits per heavy atom. The molecule has 1 aromatic carbocycles. The number of hydrogen-bond donors (Lipinski definition) is 2. The Bertz CT molecular complexity index is 915. The lowest BCUT2D eigenvalue weighted by Gasteiger charge is -2.32. The van der Waals surface area contributed by atoms with Crippen LogP contribution >= 0.6 is 0 Å². The Morgan fingerprint density at radius 3 is 2.27 bits per heavy atom. The lowest BCUT2D eigenvalue weighted by Crippen LogP contribution is -2.39. The molecule has 1 unspecified atom stereocenters. The van der Waals surface area contributed by atoms with Crippen LogP contribution in [0.25, 0.3) is 10.9 Å². The molecule has 3 aliphatic rings. The fourth-order valence-electron chi connectivity index (χ4n) is 4.75. The molecule has 3 fully saturated rings. The summed E-state index contributed by atoms with van der Waals surface area (Å²) in [7, 11) is 1.92. The van der Waals surface area contributed by atoms with Crippen molar-refractivity contribution < 1.29 is 9.59 Å². The minimum atomic E-state index is -0.344. The molecule has 0 radical (unpaired) electrons. The molecule has 33 heavy (non-hydrogen) atoms. The van der Waals surface area contributed by atoms with Gasteiger partial charge in [0.1, 0.15) is 0 Å². The smallest absolute Gasteiger partial charge is 0.235 e. The van der Waals surface area contributed by atoms with Gasteiger partial charge in [0.2, 0.25) is 11.8 Å². The summed E-state index contributed by atoms with van der Waals surface area (Å²) in [4.78, 5) is 26.0. The van der Waals surface area contributed by atoms with Gasteiger partial charge in [-0.25, -0.2) is 0 Å². The molecule has 3 aliphatic heterocycles. The highest BCUT2D eigenvalue weighted by Crippen LogP contribution is 2.33. The molecule has 0 bridgehead atoms. The van der Waals surface area contributed by atoms with E-state index in [1.165, 1.54) is 50.9 Å². The van der Waals surface area contributed by atoms with Crippen LogP contribution in [0, 0.1) is 5.92 Å². The van der Waals surface area contributed by atoms with Gasteiger partial charge < -0.3 is 10.2 Å². The molecule has 0 saturated carbocycles. The molecule has 7 nitrogen and oxygen atoms in total. The zero-order valence-corrected chi connectivity index (χ0v) is 20.8. The van der Waals surface area contributed by atoms with Crippen LogP contribution in [-0.2, 0) is 16.6 Å². The first kappa shape index (κ1) is 25.2. The van der Waals surface area contributed by atoms with Crippen LogP contribution in [0.2, 0.25) is 0 Å². The first-order chi connectivity index (χ1) is 16.0. The molecule has 1 atom stereocenters. The van der Waals surface area contributed by atoms with Crippen molar-refractivity contribution in [2.24, 2.45) is 13.0 Å². The van der Waals surface area contributed by atoms with E-state index < -0.39 is 0 Å². The van der Waals surface area contributed by atoms with Gasteiger partial charge in [-0.15, -0.1) is 0 Å². The van der Waals surface area contributed by atoms with Crippen molar-refractivity contribution in [1.29, 1.82) is 0 Å². The van der Waals surface area contributed by atoms with Crippen molar-refractivity contribution in [3.63, 3.8) is 0 Å². The van der Waals surface area contributed by atoms with Crippen LogP contribution in [0.1, 0.15) is 77.3 Å². The number of hydrogen-bond acceptors (Lipinski definition) is 5. The van der Waals surface area contributed by atoms with Gasteiger partial charge in [-0.3, -0.25) is 19.6 Å². The molecule has 0 spiro atoms. The summed E-state index contributed by atoms with van der Waals surface area (Å²) in [5.74, 6) is 0.0346. The standard InChI is InChI=1S/C19H24N4O2.C5H11N.C2H6/c1-12-7-9-23(10-8-12)13-3-4-14-16(11-13)22(2)21-18(14)15-5-6-17(24)20-19(15)25;1-2-4-6-5-3-1;1-2/h3-4,11-12,15H,5-10H2,1-2H3,(H,20,24,25);6H,1-5H2;1-2H3. The van der Waals surface area contributed by atoms with E-state index in [4.69, 9.17) is 0 Å². The van der Waals surface area contributed by atoms with Crippen molar-refractivity contribution in [2.75, 3.05) is 31.1 Å². The van der Waals surface area contributed by atoms with E-state index in [0.717, 1.165) is 35.6 Å². The lowest BCUT2D eigenvalue weighted by molar-refractivity contribution is -0.134. The Kier molecular flexibility index (Phi) is 9.30. The minimum absolute atomic E-state index is 0.192. The molecule has 0 aliphatic carbocycles. The molecule has 2 N–H and O–H groups in total. The van der Waals surface area contributed by atoms with Crippen molar-refractivity contribution in [3.05, 3.63) is 23.9 Å². The summed E-state index contributed by atoms with van der Waals surface area (Å²) in [5.41, 5.74) is 3.04. The normalized spacial score (nSPS) is 21.6. The van der Waals surface area contributed by atoms with Crippen LogP contribution in [-0.4, -0.2) is 47.8 Å². The van der Waals surface area contributed by atoms with Gasteiger partial charge in [0.25, 0.3) is 0 Å². The van der Waals surface area contributed by atoms with Crippen molar-refractivity contribution in [2.45, 2.75) is 71.6 Å². The predicted molar refractivity (Wildman–Crippen MR) is 135 cm³/mol. The maximum atomic E-state index is 12.2. The van der Waals surface area contributed by atoms with E-state index in [-0.39, 0.29) is 17.7 Å². The summed E-state index contributed by atoms with van der Waals surface area (Å²) >= 11 is 0. The maximum Gasteiger partial charge on any atom is 0.235 e. The number of rotatable bonds is 2. The predicted octanol–water partition coefficient (Wildman–Crippen LogP) is 4.12. The third-order valence-corrected chi connectivity index (χ3v) is 6.79. The Balaban J connectivity index is 0.000000329. The van der Waals surface area contributed by atoms with E-state index in [0.29, 0.717) is 12.8 Å². The number of amides is 2. The monoisotopic (exact) mass is 455 g/mol. The number of anilines is 1. The molecule has 5 rings (SSSR count). The Hall–Kier alpha value is -2.41. The van der Waals surface area contributed by atoms with Gasteiger partial charge >= 0.3 is 0 Å². The summed E-state index contributed by atoms with van der Waals surface area (Å²) in [6, 6.07) is 6.39. The molecular formula is C26H41N5O2. The number of aryl methyl sites for hydroxylation is 1. The second kappa shape index (κ2) is 12.2. The molecule has 1 aromatic heterocycles. The van der Waals surface area contributed by atoms with Gasteiger partial charge in [0.05, 0.1) is 17.1 Å². The molecule has 182 valence electrons. The number of nitrogens with one attached hydrogen (secondary N) is 2. The summed E-state index contributed by atoms with van der Waals surface area (Å²) in [6.45, 7) is 11.0. The quantitative estimate of drug-likeness (QED) is 0.666. The average Bonchev–Trinajstić information content (AvgIpc) is 3.18. The fourth-order valence-corrected chi connectivity index (χ4v) is 4.75. The number of carbonyl (C=O) groups is 2. The second-order valence-electron chi connectivity index (χ2n) is 9.19. The highest BCUT2D eigenvalue weighted by atomic mass is 16.2. The van der Waals surface area contributed by atoms with Crippen LogP contribution in [0.3, 0.4) is 0 Å². The molecule has 3 saturated heterocycles. The zero-order chi connectivity index (χ0) is 23.8. The molecule has 4 heterocycles. The molecular weight excluding hydrogens is 414 g/mol. The Labute approximate surface area is 198 Å². The van der Waals surface area contributed by atoms with E-state index in [1.54, 1.807) is 0 Å². The first-order valence-electron chi connectivity index (χ1n) is 12.8. The number of imide groups is 1. The van der Waals surface area contributed by atoms with Crippen LogP contribution in [0.4, 0.5) is 5.69 Å². The summed E-state index contributed by atoms with van der Waals surface area (Å²) in [5, 5.41) is 11.3. The van der Waals surface area contributed by atoms with E-state index in [1.807, 2.05) is 25.6 Å². The van der Waals surface area contributed by atoms with Gasteiger partial charge in [-0.1, -0.05) is 27.2 Å². The largest absolute Gasteiger partial charge is 0.371 e. The zero-order valence-electron chi connectivity index (χ0n) is 20.8. The van der Waals surface area contributed by atoms with Gasteiger partial charge in [-0.2, -0.15) is 5.10 Å². The average molecular weight is 456 g/mol. The minimum Gasteiger partial charge on any atom is -0.371 e. The third kappa shape index (κ3) is 6.34. The second-order valence-corrected chi connectivity index (χ2v) is 9.19. The van der Waals surface area contributed by atoms with Gasteiger partial charge in [-0.05, 0) is 69.3 Å². The number of aromatic nitrogens is 2. The number of nitrogens with zero attached hydrogens (tertiary/aromatic N) is 3. The van der Waals surface area contributed by atoms with Crippen LogP contribution in [0.5, 0.6) is 0 Å². The topological polar surface area (TPSA) is 79.3 Å². The number of fused-ring (bicyclic) bond motifs is 1. The molecule has 2 amide bonds. The van der Waals surface area contributed by atoms with Crippen molar-refractivity contribution in [3.8, 4) is 0 Å².